The van der Waals surface area contributed by atoms with E-state index in [1.807, 2.05) is 0 Å². The van der Waals surface area contributed by atoms with Gasteiger partial charge in [0.15, 0.2) is 0 Å². The van der Waals surface area contributed by atoms with Crippen LogP contribution in [0.25, 0.3) is 0 Å². The van der Waals surface area contributed by atoms with E-state index in [0.29, 0.717) is 36.5 Å². The van der Waals surface area contributed by atoms with Crippen molar-refractivity contribution in [2.24, 2.45) is 5.90 Å². The Labute approximate surface area is 198 Å². The second-order valence-corrected chi connectivity index (χ2v) is 10.5. The van der Waals surface area contributed by atoms with Gasteiger partial charge in [0.05, 0.1) is 13.2 Å². The standard InChI is InChI=1S/C22H25N3O7S2/c1-17-13-19(30-11-4-12-31-23)15-20(14-17)32-34(28,29)22-6-3-2-5-21(22)33(26,27)25-16-18-7-9-24-10-8-18/h2-3,5-10,13-15,25H,4,11-12,16,23H2,1H3. The fourth-order valence-electron chi connectivity index (χ4n) is 2.98. The summed E-state index contributed by atoms with van der Waals surface area (Å²) >= 11 is 0. The number of ether oxygens (including phenoxy) is 1. The first-order valence-electron chi connectivity index (χ1n) is 10.2. The van der Waals surface area contributed by atoms with Gasteiger partial charge in [-0.2, -0.15) is 8.42 Å². The van der Waals surface area contributed by atoms with Crippen molar-refractivity contribution in [3.05, 3.63) is 78.1 Å². The molecule has 0 saturated carbocycles. The van der Waals surface area contributed by atoms with Crippen LogP contribution in [-0.2, 0) is 31.5 Å². The number of rotatable bonds is 12. The van der Waals surface area contributed by atoms with Crippen molar-refractivity contribution >= 4 is 20.1 Å². The molecule has 0 unspecified atom stereocenters. The Morgan fingerprint density at radius 2 is 1.59 bits per heavy atom. The molecule has 3 aromatic rings. The molecule has 0 radical (unpaired) electrons. The summed E-state index contributed by atoms with van der Waals surface area (Å²) in [6, 6.07) is 13.2. The van der Waals surface area contributed by atoms with Crippen LogP contribution in [0.15, 0.2) is 76.8 Å². The van der Waals surface area contributed by atoms with E-state index in [1.165, 1.54) is 48.8 Å². The van der Waals surface area contributed by atoms with E-state index >= 15 is 0 Å². The lowest BCUT2D eigenvalue weighted by molar-refractivity contribution is 0.122. The molecule has 2 aromatic carbocycles. The molecule has 0 fully saturated rings. The molecule has 0 saturated heterocycles. The third kappa shape index (κ3) is 6.98. The van der Waals surface area contributed by atoms with Gasteiger partial charge in [-0.15, -0.1) is 0 Å². The molecular weight excluding hydrogens is 482 g/mol. The van der Waals surface area contributed by atoms with Crippen molar-refractivity contribution in [3.8, 4) is 11.5 Å². The highest BCUT2D eigenvalue weighted by Gasteiger charge is 2.28. The highest BCUT2D eigenvalue weighted by atomic mass is 32.2. The summed E-state index contributed by atoms with van der Waals surface area (Å²) in [5, 5.41) is 0. The van der Waals surface area contributed by atoms with Gasteiger partial charge < -0.3 is 13.8 Å². The van der Waals surface area contributed by atoms with E-state index in [0.717, 1.165) is 0 Å². The lowest BCUT2D eigenvalue weighted by Gasteiger charge is -2.14. The maximum absolute atomic E-state index is 13.1. The molecule has 0 aliphatic heterocycles. The van der Waals surface area contributed by atoms with E-state index in [2.05, 4.69) is 14.5 Å². The molecule has 3 rings (SSSR count). The predicted molar refractivity (Wildman–Crippen MR) is 124 cm³/mol. The Kier molecular flexibility index (Phi) is 8.58. The number of hydrogen-bond acceptors (Lipinski definition) is 9. The van der Waals surface area contributed by atoms with Gasteiger partial charge in [-0.1, -0.05) is 12.1 Å². The van der Waals surface area contributed by atoms with Crippen molar-refractivity contribution in [1.82, 2.24) is 9.71 Å². The average molecular weight is 508 g/mol. The number of nitrogens with two attached hydrogens (primary N) is 1. The van der Waals surface area contributed by atoms with Crippen LogP contribution in [0.3, 0.4) is 0 Å². The average Bonchev–Trinajstić information content (AvgIpc) is 2.81. The van der Waals surface area contributed by atoms with Crippen molar-refractivity contribution in [3.63, 3.8) is 0 Å². The van der Waals surface area contributed by atoms with Crippen molar-refractivity contribution in [2.75, 3.05) is 13.2 Å². The first-order valence-corrected chi connectivity index (χ1v) is 13.1. The van der Waals surface area contributed by atoms with Gasteiger partial charge in [0.1, 0.15) is 21.3 Å². The van der Waals surface area contributed by atoms with Gasteiger partial charge in [-0.3, -0.25) is 4.98 Å². The van der Waals surface area contributed by atoms with Crippen LogP contribution >= 0.6 is 0 Å². The third-order valence-corrected chi connectivity index (χ3v) is 7.42. The first kappa shape index (κ1) is 25.6. The fraction of sp³-hybridized carbons (Fsp3) is 0.227. The lowest BCUT2D eigenvalue weighted by Crippen LogP contribution is -2.25. The molecule has 0 aliphatic rings. The molecule has 3 N–H and O–H groups in total. The molecule has 1 aromatic heterocycles. The van der Waals surface area contributed by atoms with Gasteiger partial charge in [0, 0.05) is 31.4 Å². The molecule has 34 heavy (non-hydrogen) atoms. The zero-order valence-corrected chi connectivity index (χ0v) is 20.0. The van der Waals surface area contributed by atoms with Gasteiger partial charge in [-0.25, -0.2) is 19.0 Å². The topological polar surface area (TPSA) is 147 Å². The minimum absolute atomic E-state index is 0.0120. The van der Waals surface area contributed by atoms with Gasteiger partial charge >= 0.3 is 10.1 Å². The summed E-state index contributed by atoms with van der Waals surface area (Å²) in [4.78, 5) is 7.45. The second-order valence-electron chi connectivity index (χ2n) is 7.22. The Morgan fingerprint density at radius 1 is 0.912 bits per heavy atom. The number of sulfonamides is 1. The maximum Gasteiger partial charge on any atom is 0.340 e. The Balaban J connectivity index is 1.83. The first-order chi connectivity index (χ1) is 16.2. The van der Waals surface area contributed by atoms with Crippen LogP contribution in [0.1, 0.15) is 17.5 Å². The van der Waals surface area contributed by atoms with Crippen molar-refractivity contribution < 1.29 is 30.6 Å². The van der Waals surface area contributed by atoms with Crippen molar-refractivity contribution in [1.29, 1.82) is 0 Å². The fourth-order valence-corrected chi connectivity index (χ4v) is 5.72. The minimum Gasteiger partial charge on any atom is -0.493 e. The Bertz CT molecular complexity index is 1320. The Hall–Kier alpha value is -3.03. The summed E-state index contributed by atoms with van der Waals surface area (Å²) in [5.74, 6) is 5.36. The molecule has 0 spiro atoms. The van der Waals surface area contributed by atoms with Crippen LogP contribution in [0, 0.1) is 6.92 Å². The number of benzene rings is 2. The van der Waals surface area contributed by atoms with Gasteiger partial charge in [-0.05, 0) is 54.4 Å². The number of aromatic nitrogens is 1. The molecule has 0 bridgehead atoms. The largest absolute Gasteiger partial charge is 0.493 e. The van der Waals surface area contributed by atoms with E-state index < -0.39 is 29.9 Å². The number of aryl methyl sites for hydroxylation is 1. The Morgan fingerprint density at radius 3 is 2.29 bits per heavy atom. The molecule has 1 heterocycles. The van der Waals surface area contributed by atoms with Crippen LogP contribution in [0.4, 0.5) is 0 Å². The SMILES string of the molecule is Cc1cc(OCCCON)cc(OS(=O)(=O)c2ccccc2S(=O)(=O)NCc2ccncc2)c1. The van der Waals surface area contributed by atoms with E-state index in [4.69, 9.17) is 14.8 Å². The van der Waals surface area contributed by atoms with Crippen LogP contribution in [0.5, 0.6) is 11.5 Å². The van der Waals surface area contributed by atoms with Crippen LogP contribution in [0.2, 0.25) is 0 Å². The molecule has 12 heteroatoms. The zero-order valence-electron chi connectivity index (χ0n) is 18.4. The molecule has 0 atom stereocenters. The smallest absolute Gasteiger partial charge is 0.340 e. The van der Waals surface area contributed by atoms with Gasteiger partial charge in [0.2, 0.25) is 10.0 Å². The molecule has 182 valence electrons. The zero-order chi connectivity index (χ0) is 24.6. The maximum atomic E-state index is 13.1. The molecule has 0 aliphatic carbocycles. The number of nitrogens with zero attached hydrogens (tertiary/aromatic N) is 1. The quantitative estimate of drug-likeness (QED) is 0.214. The summed E-state index contributed by atoms with van der Waals surface area (Å²) < 4.78 is 65.2. The van der Waals surface area contributed by atoms with Crippen LogP contribution in [-0.4, -0.2) is 35.0 Å². The van der Waals surface area contributed by atoms with E-state index in [-0.39, 0.29) is 12.3 Å². The van der Waals surface area contributed by atoms with E-state index in [1.54, 1.807) is 25.1 Å². The highest BCUT2D eigenvalue weighted by molar-refractivity contribution is 7.91. The van der Waals surface area contributed by atoms with Crippen molar-refractivity contribution in [2.45, 2.75) is 29.7 Å². The highest BCUT2D eigenvalue weighted by Crippen LogP contribution is 2.28. The van der Waals surface area contributed by atoms with Gasteiger partial charge in [0.25, 0.3) is 0 Å². The number of hydrogen-bond donors (Lipinski definition) is 2. The van der Waals surface area contributed by atoms with Crippen LogP contribution < -0.4 is 19.5 Å². The summed E-state index contributed by atoms with van der Waals surface area (Å²) in [5.41, 5.74) is 1.36. The summed E-state index contributed by atoms with van der Waals surface area (Å²) in [6.45, 7) is 2.33. The molecule has 10 nitrogen and oxygen atoms in total. The predicted octanol–water partition coefficient (Wildman–Crippen LogP) is 2.30. The molecule has 0 amide bonds. The number of nitrogens with one attached hydrogen (secondary N) is 1. The molecular formula is C22H25N3O7S2. The second kappa shape index (κ2) is 11.4. The summed E-state index contributed by atoms with van der Waals surface area (Å²) in [7, 11) is -8.67. The number of pyridine rings is 1. The third-order valence-electron chi connectivity index (χ3n) is 4.53. The minimum atomic E-state index is -4.49. The lowest BCUT2D eigenvalue weighted by atomic mass is 10.2. The monoisotopic (exact) mass is 507 g/mol. The normalized spacial score (nSPS) is 11.8. The summed E-state index contributed by atoms with van der Waals surface area (Å²) in [6.07, 6.45) is 3.60. The van der Waals surface area contributed by atoms with E-state index in [9.17, 15) is 16.8 Å².